The lowest BCUT2D eigenvalue weighted by atomic mass is 10.2. The van der Waals surface area contributed by atoms with Gasteiger partial charge in [0.25, 0.3) is 0 Å². The molecule has 0 unspecified atom stereocenters. The molecule has 4 rings (SSSR count). The molecule has 0 radical (unpaired) electrons. The molecule has 3 aromatic carbocycles. The minimum atomic E-state index is -0.103. The highest BCUT2D eigenvalue weighted by Crippen LogP contribution is 2.25. The van der Waals surface area contributed by atoms with Gasteiger partial charge in [0.05, 0.1) is 12.9 Å². The summed E-state index contributed by atoms with van der Waals surface area (Å²) in [4.78, 5) is 12.6. The first kappa shape index (κ1) is 23.4. The molecule has 174 valence electrons. The molecule has 0 atom stereocenters. The second kappa shape index (κ2) is 10.9. The summed E-state index contributed by atoms with van der Waals surface area (Å²) in [5.41, 5.74) is 3.88. The zero-order valence-corrected chi connectivity index (χ0v) is 20.1. The fraction of sp³-hybridized carbons (Fsp3) is 0.192. The topological polar surface area (TPSA) is 78.3 Å². The first-order chi connectivity index (χ1) is 16.5. The van der Waals surface area contributed by atoms with Gasteiger partial charge in [-0.15, -0.1) is 10.2 Å². The van der Waals surface area contributed by atoms with E-state index in [0.717, 1.165) is 28.3 Å². The van der Waals surface area contributed by atoms with Crippen molar-refractivity contribution in [3.63, 3.8) is 0 Å². The third-order valence-electron chi connectivity index (χ3n) is 5.17. The molecule has 1 amide bonds. The summed E-state index contributed by atoms with van der Waals surface area (Å²) in [5.74, 6) is 2.21. The Labute approximate surface area is 203 Å². The second-order valence-corrected chi connectivity index (χ2v) is 8.63. The number of methoxy groups -OCH3 is 1. The van der Waals surface area contributed by atoms with E-state index in [1.807, 2.05) is 91.2 Å². The number of ether oxygens (including phenoxy) is 2. The summed E-state index contributed by atoms with van der Waals surface area (Å²) in [5, 5.41) is 12.3. The van der Waals surface area contributed by atoms with Gasteiger partial charge in [0, 0.05) is 11.4 Å². The maximum Gasteiger partial charge on any atom is 0.234 e. The Hall–Kier alpha value is -3.78. The van der Waals surface area contributed by atoms with Crippen LogP contribution in [0.4, 0.5) is 5.69 Å². The molecule has 0 spiro atoms. The van der Waals surface area contributed by atoms with E-state index >= 15 is 0 Å². The van der Waals surface area contributed by atoms with Crippen LogP contribution in [0.1, 0.15) is 17.0 Å². The van der Waals surface area contributed by atoms with E-state index in [2.05, 4.69) is 15.5 Å². The summed E-state index contributed by atoms with van der Waals surface area (Å²) in [6, 6.07) is 23.1. The van der Waals surface area contributed by atoms with Crippen LogP contribution >= 0.6 is 11.8 Å². The van der Waals surface area contributed by atoms with E-state index in [4.69, 9.17) is 9.47 Å². The average molecular weight is 475 g/mol. The van der Waals surface area contributed by atoms with Crippen LogP contribution in [0, 0.1) is 13.8 Å². The van der Waals surface area contributed by atoms with E-state index < -0.39 is 0 Å². The minimum absolute atomic E-state index is 0.103. The molecule has 1 N–H and O–H groups in total. The van der Waals surface area contributed by atoms with Gasteiger partial charge in [-0.3, -0.25) is 9.36 Å². The zero-order chi connectivity index (χ0) is 23.9. The van der Waals surface area contributed by atoms with Crippen molar-refractivity contribution in [2.75, 3.05) is 18.2 Å². The monoisotopic (exact) mass is 474 g/mol. The second-order valence-electron chi connectivity index (χ2n) is 7.69. The number of benzene rings is 3. The van der Waals surface area contributed by atoms with Gasteiger partial charge in [0.1, 0.15) is 18.1 Å². The van der Waals surface area contributed by atoms with Crippen molar-refractivity contribution in [3.8, 4) is 17.2 Å². The lowest BCUT2D eigenvalue weighted by molar-refractivity contribution is -0.113. The molecule has 0 aliphatic heterocycles. The maximum atomic E-state index is 12.6. The third-order valence-corrected chi connectivity index (χ3v) is 6.10. The van der Waals surface area contributed by atoms with Crippen molar-refractivity contribution >= 4 is 23.4 Å². The van der Waals surface area contributed by atoms with Crippen molar-refractivity contribution < 1.29 is 14.3 Å². The Morgan fingerprint density at radius 3 is 2.35 bits per heavy atom. The molecule has 4 aromatic rings. The van der Waals surface area contributed by atoms with Gasteiger partial charge in [-0.2, -0.15) is 0 Å². The first-order valence-corrected chi connectivity index (χ1v) is 11.8. The number of aryl methyl sites for hydroxylation is 2. The molecule has 0 saturated carbocycles. The number of nitrogens with one attached hydrogen (secondary N) is 1. The number of hydrogen-bond acceptors (Lipinski definition) is 6. The number of thioether (sulfide) groups is 1. The smallest absolute Gasteiger partial charge is 0.234 e. The van der Waals surface area contributed by atoms with Crippen LogP contribution in [0.3, 0.4) is 0 Å². The van der Waals surface area contributed by atoms with Gasteiger partial charge < -0.3 is 14.8 Å². The summed E-state index contributed by atoms with van der Waals surface area (Å²) in [7, 11) is 1.63. The Morgan fingerprint density at radius 1 is 0.941 bits per heavy atom. The van der Waals surface area contributed by atoms with E-state index in [-0.39, 0.29) is 18.3 Å². The van der Waals surface area contributed by atoms with Crippen LogP contribution in [0.2, 0.25) is 0 Å². The predicted molar refractivity (Wildman–Crippen MR) is 134 cm³/mol. The average Bonchev–Trinajstić information content (AvgIpc) is 3.26. The molecule has 7 nitrogen and oxygen atoms in total. The first-order valence-electron chi connectivity index (χ1n) is 10.8. The van der Waals surface area contributed by atoms with Crippen LogP contribution in [0.25, 0.3) is 5.69 Å². The van der Waals surface area contributed by atoms with Crippen molar-refractivity contribution in [2.45, 2.75) is 25.6 Å². The highest BCUT2D eigenvalue weighted by atomic mass is 32.2. The van der Waals surface area contributed by atoms with Gasteiger partial charge in [0.15, 0.2) is 11.0 Å². The normalized spacial score (nSPS) is 10.7. The van der Waals surface area contributed by atoms with Crippen LogP contribution in [0.15, 0.2) is 78.0 Å². The van der Waals surface area contributed by atoms with Gasteiger partial charge in [-0.05, 0) is 61.9 Å². The third kappa shape index (κ3) is 5.77. The SMILES string of the molecule is COc1ccc(OCc2nnc(SCC(=O)Nc3ccccc3C)n2-c2ccc(C)cc2)cc1. The largest absolute Gasteiger partial charge is 0.497 e. The minimum Gasteiger partial charge on any atom is -0.497 e. The van der Waals surface area contributed by atoms with E-state index in [1.165, 1.54) is 11.8 Å². The number of hydrogen-bond donors (Lipinski definition) is 1. The maximum absolute atomic E-state index is 12.6. The van der Waals surface area contributed by atoms with Gasteiger partial charge in [-0.1, -0.05) is 47.7 Å². The summed E-state index contributed by atoms with van der Waals surface area (Å²) in [6.45, 7) is 4.23. The number of carbonyl (C=O) groups is 1. The lowest BCUT2D eigenvalue weighted by Crippen LogP contribution is -2.15. The molecular formula is C26H26N4O3S. The van der Waals surface area contributed by atoms with Gasteiger partial charge in [0.2, 0.25) is 5.91 Å². The van der Waals surface area contributed by atoms with Crippen LogP contribution in [0.5, 0.6) is 11.5 Å². The Kier molecular flexibility index (Phi) is 7.49. The molecule has 1 heterocycles. The fourth-order valence-electron chi connectivity index (χ4n) is 3.29. The molecular weight excluding hydrogens is 448 g/mol. The standard InChI is InChI=1S/C26H26N4O3S/c1-18-8-10-20(11-9-18)30-24(16-33-22-14-12-21(32-3)13-15-22)28-29-26(30)34-17-25(31)27-23-7-5-4-6-19(23)2/h4-15H,16-17H2,1-3H3,(H,27,31). The van der Waals surface area contributed by atoms with Crippen molar-refractivity contribution in [2.24, 2.45) is 0 Å². The molecule has 0 aliphatic carbocycles. The molecule has 0 saturated heterocycles. The van der Waals surface area contributed by atoms with E-state index in [0.29, 0.717) is 16.7 Å². The quantitative estimate of drug-likeness (QED) is 0.336. The lowest BCUT2D eigenvalue weighted by Gasteiger charge is -2.12. The van der Waals surface area contributed by atoms with Gasteiger partial charge >= 0.3 is 0 Å². The van der Waals surface area contributed by atoms with Crippen LogP contribution in [-0.4, -0.2) is 33.5 Å². The van der Waals surface area contributed by atoms with Gasteiger partial charge in [-0.25, -0.2) is 0 Å². The Balaban J connectivity index is 1.50. The highest BCUT2D eigenvalue weighted by molar-refractivity contribution is 7.99. The van der Waals surface area contributed by atoms with E-state index in [9.17, 15) is 4.79 Å². The van der Waals surface area contributed by atoms with Crippen LogP contribution in [-0.2, 0) is 11.4 Å². The molecule has 34 heavy (non-hydrogen) atoms. The van der Waals surface area contributed by atoms with Crippen LogP contribution < -0.4 is 14.8 Å². The fourth-order valence-corrected chi connectivity index (χ4v) is 4.06. The number of carbonyl (C=O) groups excluding carboxylic acids is 1. The number of anilines is 1. The summed E-state index contributed by atoms with van der Waals surface area (Å²) in [6.07, 6.45) is 0. The number of rotatable bonds is 9. The number of nitrogens with zero attached hydrogens (tertiary/aromatic N) is 3. The molecule has 0 fully saturated rings. The summed E-state index contributed by atoms with van der Waals surface area (Å²) >= 11 is 1.33. The van der Waals surface area contributed by atoms with Crippen molar-refractivity contribution in [1.29, 1.82) is 0 Å². The zero-order valence-electron chi connectivity index (χ0n) is 19.3. The Morgan fingerprint density at radius 2 is 1.65 bits per heavy atom. The molecule has 1 aromatic heterocycles. The number of para-hydroxylation sites is 1. The Bertz CT molecular complexity index is 1250. The number of amides is 1. The number of aromatic nitrogens is 3. The predicted octanol–water partition coefficient (Wildman–Crippen LogP) is 5.20. The van der Waals surface area contributed by atoms with E-state index in [1.54, 1.807) is 7.11 Å². The molecule has 0 bridgehead atoms. The van der Waals surface area contributed by atoms with Crippen molar-refractivity contribution in [1.82, 2.24) is 14.8 Å². The molecule has 0 aliphatic rings. The summed E-state index contributed by atoms with van der Waals surface area (Å²) < 4.78 is 13.1. The van der Waals surface area contributed by atoms with Crippen molar-refractivity contribution in [3.05, 3.63) is 89.7 Å². The highest BCUT2D eigenvalue weighted by Gasteiger charge is 2.17. The molecule has 8 heteroatoms.